The van der Waals surface area contributed by atoms with Crippen molar-refractivity contribution in [1.82, 2.24) is 4.90 Å². The molecule has 2 aromatic rings. The second kappa shape index (κ2) is 30.8. The van der Waals surface area contributed by atoms with Gasteiger partial charge in [-0.3, -0.25) is 4.79 Å². The predicted octanol–water partition coefficient (Wildman–Crippen LogP) is 2.57. The van der Waals surface area contributed by atoms with Gasteiger partial charge in [0.05, 0.1) is 12.7 Å². The van der Waals surface area contributed by atoms with Gasteiger partial charge in [-0.05, 0) is 60.3 Å². The average molecular weight is 740 g/mol. The number of ether oxygens (including phenoxy) is 3. The SMILES string of the molecule is CCC(OC(C)=O)C(C)(C)CN=[N+]=[N-].CN(C)CCC(O[C-]=O)C(C)(C)CN=[N+]=[N-].O=[C-]OCC1c2ccccc2-c2ccccc21.[CH2-]C.[CH3-].[Na+].[Na+]. The Morgan fingerprint density at radius 1 is 0.885 bits per heavy atom. The van der Waals surface area contributed by atoms with Crippen LogP contribution in [0.1, 0.15) is 78.4 Å². The third-order valence-corrected chi connectivity index (χ3v) is 7.81. The maximum absolute atomic E-state index is 10.8. The zero-order valence-corrected chi connectivity index (χ0v) is 37.4. The van der Waals surface area contributed by atoms with Crippen LogP contribution in [0.5, 0.6) is 0 Å². The van der Waals surface area contributed by atoms with Crippen molar-refractivity contribution in [2.45, 2.75) is 79.4 Å². The van der Waals surface area contributed by atoms with Crippen molar-refractivity contribution in [2.24, 2.45) is 21.1 Å². The molecule has 13 nitrogen and oxygen atoms in total. The monoisotopic (exact) mass is 739 g/mol. The van der Waals surface area contributed by atoms with Crippen LogP contribution in [-0.2, 0) is 28.6 Å². The molecule has 0 saturated carbocycles. The standard InChI is InChI=1S/C15H11O2.C10H19N4O2.C9H17N3O2.C2H5.CH3.2Na/c16-10-17-9-15-13-7-3-1-5-11(13)12-6-2-4-8-14(12)15;1-10(2,7-12-13-11)9(16-8-15)5-6-14(3)4;1-5-8(14-7(2)13)9(3,4)6-11-12-10;1-2;;;/h1-8,15H,9H2;9H,5-7H2,1-4H3;8H,5-6H2,1-4H3;1H2,2H3;1H3;;/q2*-1;;2*-1;2*+1. The molecule has 2 atom stereocenters. The van der Waals surface area contributed by atoms with Crippen LogP contribution in [0.4, 0.5) is 0 Å². The minimum absolute atomic E-state index is 0. The maximum atomic E-state index is 10.8. The average Bonchev–Trinajstić information content (AvgIpc) is 3.40. The quantitative estimate of drug-likeness (QED) is 0.0483. The molecule has 0 amide bonds. The van der Waals surface area contributed by atoms with E-state index < -0.39 is 0 Å². The zero-order valence-electron chi connectivity index (χ0n) is 33.4. The van der Waals surface area contributed by atoms with E-state index >= 15 is 0 Å². The second-order valence-electron chi connectivity index (χ2n) is 12.7. The smallest absolute Gasteiger partial charge is 0.652 e. The molecule has 0 bridgehead atoms. The molecule has 0 fully saturated rings. The fourth-order valence-corrected chi connectivity index (χ4v) is 5.23. The van der Waals surface area contributed by atoms with Crippen LogP contribution in [0.3, 0.4) is 0 Å². The van der Waals surface area contributed by atoms with Gasteiger partial charge in [-0.15, -0.1) is 0 Å². The number of fused-ring (bicyclic) bond motifs is 3. The van der Waals surface area contributed by atoms with Crippen molar-refractivity contribution in [3.05, 3.63) is 94.9 Å². The molecule has 52 heavy (non-hydrogen) atoms. The van der Waals surface area contributed by atoms with E-state index in [4.69, 9.17) is 25.3 Å². The molecule has 0 radical (unpaired) electrons. The summed E-state index contributed by atoms with van der Waals surface area (Å²) in [4.78, 5) is 38.8. The number of carbonyl (C=O) groups is 1. The van der Waals surface area contributed by atoms with Crippen LogP contribution in [0.25, 0.3) is 32.0 Å². The molecule has 278 valence electrons. The Labute approximate surface area is 355 Å². The van der Waals surface area contributed by atoms with Gasteiger partial charge in [-0.25, -0.2) is 0 Å². The number of hydrogen-bond donors (Lipinski definition) is 0. The number of azide groups is 2. The first-order valence-corrected chi connectivity index (χ1v) is 16.0. The molecule has 15 heteroatoms. The second-order valence-corrected chi connectivity index (χ2v) is 12.7. The number of hydrogen-bond acceptors (Lipinski definition) is 9. The fraction of sp³-hybridized carbons (Fsp3) is 0.541. The van der Waals surface area contributed by atoms with Crippen LogP contribution in [-0.4, -0.2) is 76.4 Å². The Kier molecular flexibility index (Phi) is 33.3. The molecule has 0 aliphatic heterocycles. The number of nitrogens with zero attached hydrogens (tertiary/aromatic N) is 7. The summed E-state index contributed by atoms with van der Waals surface area (Å²) in [5.74, 6) is -0.158. The molecule has 1 aliphatic carbocycles. The van der Waals surface area contributed by atoms with Crippen molar-refractivity contribution in [2.75, 3.05) is 40.3 Å². The van der Waals surface area contributed by atoms with E-state index in [-0.39, 0.29) is 101 Å². The van der Waals surface area contributed by atoms with Gasteiger partial charge in [-0.2, -0.15) is 6.92 Å². The molecule has 2 unspecified atom stereocenters. The Hall–Kier alpha value is -2.57. The van der Waals surface area contributed by atoms with Gasteiger partial charge < -0.3 is 43.0 Å². The van der Waals surface area contributed by atoms with Crippen molar-refractivity contribution in [1.29, 1.82) is 0 Å². The molecule has 0 spiro atoms. The summed E-state index contributed by atoms with van der Waals surface area (Å²) in [7, 11) is 3.89. The van der Waals surface area contributed by atoms with Crippen LogP contribution in [0, 0.1) is 25.2 Å². The first-order chi connectivity index (χ1) is 23.3. The summed E-state index contributed by atoms with van der Waals surface area (Å²) in [6, 6.07) is 16.5. The molecule has 3 rings (SSSR count). The van der Waals surface area contributed by atoms with E-state index in [2.05, 4.69) is 51.2 Å². The summed E-state index contributed by atoms with van der Waals surface area (Å²) in [5, 5.41) is 7.04. The Morgan fingerprint density at radius 2 is 1.33 bits per heavy atom. The van der Waals surface area contributed by atoms with Gasteiger partial charge in [0.15, 0.2) is 0 Å². The third kappa shape index (κ3) is 20.0. The molecule has 0 heterocycles. The fourth-order valence-electron chi connectivity index (χ4n) is 5.23. The van der Waals surface area contributed by atoms with Crippen LogP contribution in [0.2, 0.25) is 0 Å². The number of benzene rings is 2. The first-order valence-electron chi connectivity index (χ1n) is 16.0. The molecule has 0 aromatic heterocycles. The number of esters is 1. The van der Waals surface area contributed by atoms with Gasteiger partial charge in [-0.1, -0.05) is 106 Å². The van der Waals surface area contributed by atoms with Crippen molar-refractivity contribution in [3.63, 3.8) is 0 Å². The van der Waals surface area contributed by atoms with Crippen molar-refractivity contribution in [3.8, 4) is 11.1 Å². The van der Waals surface area contributed by atoms with E-state index in [0.29, 0.717) is 32.5 Å². The summed E-state index contributed by atoms with van der Waals surface area (Å²) in [5.41, 5.74) is 20.7. The Balaban J connectivity index is -0.000000317. The van der Waals surface area contributed by atoms with E-state index in [1.165, 1.54) is 42.1 Å². The molecular formula is C37H55N7Na2O6-2. The van der Waals surface area contributed by atoms with Crippen LogP contribution in [0.15, 0.2) is 58.8 Å². The summed E-state index contributed by atoms with van der Waals surface area (Å²) in [6.45, 7) is 20.7. The third-order valence-electron chi connectivity index (χ3n) is 7.81. The van der Waals surface area contributed by atoms with Crippen LogP contribution >= 0.6 is 0 Å². The Morgan fingerprint density at radius 3 is 1.69 bits per heavy atom. The van der Waals surface area contributed by atoms with Gasteiger partial charge >= 0.3 is 65.1 Å². The Bertz CT molecular complexity index is 1350. The summed E-state index contributed by atoms with van der Waals surface area (Å²) < 4.78 is 14.9. The number of carbonyl (C=O) groups excluding carboxylic acids is 3. The van der Waals surface area contributed by atoms with Crippen molar-refractivity contribution < 1.29 is 87.7 Å². The van der Waals surface area contributed by atoms with Gasteiger partial charge in [0.1, 0.15) is 6.10 Å². The molecule has 0 saturated heterocycles. The zero-order chi connectivity index (χ0) is 37.5. The largest absolute Gasteiger partial charge is 1.00 e. The molecule has 0 N–H and O–H groups in total. The van der Waals surface area contributed by atoms with Crippen molar-refractivity contribution >= 4 is 18.9 Å². The van der Waals surface area contributed by atoms with E-state index in [1.54, 1.807) is 6.92 Å². The normalized spacial score (nSPS) is 11.8. The molecule has 2 aromatic carbocycles. The summed E-state index contributed by atoms with van der Waals surface area (Å²) >= 11 is 0. The van der Waals surface area contributed by atoms with Gasteiger partial charge in [0.25, 0.3) is 0 Å². The first kappa shape index (κ1) is 56.2. The minimum atomic E-state index is -0.375. The predicted molar refractivity (Wildman–Crippen MR) is 198 cm³/mol. The minimum Gasteiger partial charge on any atom is -0.652 e. The molecule has 1 aliphatic rings. The van der Waals surface area contributed by atoms with E-state index in [0.717, 1.165) is 6.54 Å². The van der Waals surface area contributed by atoms with Gasteiger partial charge in [0.2, 0.25) is 0 Å². The topological polar surface area (TPSA) is 180 Å². The number of rotatable bonds is 16. The van der Waals surface area contributed by atoms with E-state index in [9.17, 15) is 14.4 Å². The van der Waals surface area contributed by atoms with E-state index in [1.807, 2.05) is 77.9 Å². The summed E-state index contributed by atoms with van der Waals surface area (Å²) in [6.07, 6.45) is 0.910. The van der Waals surface area contributed by atoms with Crippen LogP contribution < -0.4 is 59.1 Å². The maximum Gasteiger partial charge on any atom is 1.00 e. The molecular weight excluding hydrogens is 684 g/mol. The van der Waals surface area contributed by atoms with Gasteiger partial charge in [0, 0.05) is 53.1 Å².